The van der Waals surface area contributed by atoms with Crippen LogP contribution in [0.4, 0.5) is 5.69 Å². The smallest absolute Gasteiger partial charge is 0.241 e. The van der Waals surface area contributed by atoms with E-state index >= 15 is 0 Å². The molecule has 1 amide bonds. The molecule has 0 heterocycles. The standard InChI is InChI=1S/C19H24N2O5S/c1-3-25-15-8-10-17(11-9-15)26-16-6-4-14(5-7-16)21-19(22)18(20)12-13-27(2,23)24/h4-11,18H,3,12-13,20H2,1-2H3,(H,21,22). The first kappa shape index (κ1) is 20.7. The molecule has 2 rings (SSSR count). The van der Waals surface area contributed by atoms with Gasteiger partial charge in [0.2, 0.25) is 5.91 Å². The van der Waals surface area contributed by atoms with Gasteiger partial charge in [-0.3, -0.25) is 4.79 Å². The summed E-state index contributed by atoms with van der Waals surface area (Å²) in [7, 11) is -3.15. The fourth-order valence-electron chi connectivity index (χ4n) is 2.22. The highest BCUT2D eigenvalue weighted by Gasteiger charge is 2.16. The molecule has 0 saturated carbocycles. The van der Waals surface area contributed by atoms with Crippen molar-refractivity contribution in [2.75, 3.05) is 23.9 Å². The van der Waals surface area contributed by atoms with E-state index in [1.807, 2.05) is 31.2 Å². The Labute approximate surface area is 159 Å². The lowest BCUT2D eigenvalue weighted by Crippen LogP contribution is -2.37. The van der Waals surface area contributed by atoms with Gasteiger partial charge in [0.25, 0.3) is 0 Å². The maximum Gasteiger partial charge on any atom is 0.241 e. The molecule has 0 aliphatic rings. The third-order valence-corrected chi connectivity index (χ3v) is 4.61. The summed E-state index contributed by atoms with van der Waals surface area (Å²) in [4.78, 5) is 12.0. The number of carbonyl (C=O) groups excluding carboxylic acids is 1. The second-order valence-corrected chi connectivity index (χ2v) is 8.30. The van der Waals surface area contributed by atoms with Crippen LogP contribution in [0.3, 0.4) is 0 Å². The number of anilines is 1. The number of sulfone groups is 1. The minimum absolute atomic E-state index is 0.0730. The van der Waals surface area contributed by atoms with Crippen molar-refractivity contribution in [3.8, 4) is 17.2 Å². The number of hydrogen-bond donors (Lipinski definition) is 2. The normalized spacial score (nSPS) is 12.3. The van der Waals surface area contributed by atoms with Gasteiger partial charge < -0.3 is 20.5 Å². The zero-order valence-electron chi connectivity index (χ0n) is 15.3. The lowest BCUT2D eigenvalue weighted by molar-refractivity contribution is -0.117. The van der Waals surface area contributed by atoms with E-state index in [-0.39, 0.29) is 12.2 Å². The van der Waals surface area contributed by atoms with Crippen LogP contribution in [0.1, 0.15) is 13.3 Å². The fourth-order valence-corrected chi connectivity index (χ4v) is 2.90. The van der Waals surface area contributed by atoms with Gasteiger partial charge >= 0.3 is 0 Å². The molecule has 0 aromatic heterocycles. The van der Waals surface area contributed by atoms with Crippen LogP contribution >= 0.6 is 0 Å². The van der Waals surface area contributed by atoms with E-state index < -0.39 is 21.8 Å². The molecule has 27 heavy (non-hydrogen) atoms. The topological polar surface area (TPSA) is 108 Å². The Kier molecular flexibility index (Phi) is 7.20. The van der Waals surface area contributed by atoms with E-state index in [1.165, 1.54) is 0 Å². The summed E-state index contributed by atoms with van der Waals surface area (Å²) in [6.07, 6.45) is 1.18. The van der Waals surface area contributed by atoms with Gasteiger partial charge in [0.1, 0.15) is 27.1 Å². The highest BCUT2D eigenvalue weighted by atomic mass is 32.2. The van der Waals surface area contributed by atoms with Crippen molar-refractivity contribution in [1.29, 1.82) is 0 Å². The van der Waals surface area contributed by atoms with Gasteiger partial charge in [-0.05, 0) is 61.9 Å². The summed E-state index contributed by atoms with van der Waals surface area (Å²) < 4.78 is 33.4. The molecule has 2 aromatic carbocycles. The van der Waals surface area contributed by atoms with Crippen molar-refractivity contribution in [2.45, 2.75) is 19.4 Å². The van der Waals surface area contributed by atoms with Crippen molar-refractivity contribution in [3.63, 3.8) is 0 Å². The molecule has 0 aliphatic carbocycles. The molecule has 1 atom stereocenters. The Morgan fingerprint density at radius 2 is 1.56 bits per heavy atom. The first-order chi connectivity index (χ1) is 12.8. The SMILES string of the molecule is CCOc1ccc(Oc2ccc(NC(=O)C(N)CCS(C)(=O)=O)cc2)cc1. The number of carbonyl (C=O) groups is 1. The van der Waals surface area contributed by atoms with Crippen LogP contribution in [0.15, 0.2) is 48.5 Å². The van der Waals surface area contributed by atoms with Crippen LogP contribution in [0.25, 0.3) is 0 Å². The summed E-state index contributed by atoms with van der Waals surface area (Å²) >= 11 is 0. The van der Waals surface area contributed by atoms with E-state index in [0.29, 0.717) is 23.8 Å². The first-order valence-electron chi connectivity index (χ1n) is 8.52. The van der Waals surface area contributed by atoms with Gasteiger partial charge in [0.05, 0.1) is 18.4 Å². The molecule has 3 N–H and O–H groups in total. The quantitative estimate of drug-likeness (QED) is 0.679. The second-order valence-electron chi connectivity index (χ2n) is 6.05. The monoisotopic (exact) mass is 392 g/mol. The Morgan fingerprint density at radius 1 is 1.04 bits per heavy atom. The number of ether oxygens (including phenoxy) is 2. The number of hydrogen-bond acceptors (Lipinski definition) is 6. The van der Waals surface area contributed by atoms with Gasteiger partial charge in [0, 0.05) is 11.9 Å². The Hall–Kier alpha value is -2.58. The predicted octanol–water partition coefficient (Wildman–Crippen LogP) is 2.58. The minimum Gasteiger partial charge on any atom is -0.494 e. The van der Waals surface area contributed by atoms with E-state index in [1.54, 1.807) is 24.3 Å². The molecule has 146 valence electrons. The van der Waals surface area contributed by atoms with E-state index in [4.69, 9.17) is 15.2 Å². The highest BCUT2D eigenvalue weighted by molar-refractivity contribution is 7.90. The summed E-state index contributed by atoms with van der Waals surface area (Å²) in [6, 6.07) is 13.2. The largest absolute Gasteiger partial charge is 0.494 e. The van der Waals surface area contributed by atoms with Crippen LogP contribution in [-0.4, -0.2) is 39.0 Å². The number of nitrogens with one attached hydrogen (secondary N) is 1. The van der Waals surface area contributed by atoms with Gasteiger partial charge in [-0.25, -0.2) is 8.42 Å². The molecule has 2 aromatic rings. The molecule has 1 unspecified atom stereocenters. The first-order valence-corrected chi connectivity index (χ1v) is 10.6. The molecule has 8 heteroatoms. The molecule has 0 radical (unpaired) electrons. The van der Waals surface area contributed by atoms with Crippen molar-refractivity contribution in [3.05, 3.63) is 48.5 Å². The Morgan fingerprint density at radius 3 is 2.07 bits per heavy atom. The number of amides is 1. The van der Waals surface area contributed by atoms with E-state index in [0.717, 1.165) is 12.0 Å². The van der Waals surface area contributed by atoms with Gasteiger partial charge in [0.15, 0.2) is 0 Å². The minimum atomic E-state index is -3.15. The zero-order chi connectivity index (χ0) is 19.9. The average molecular weight is 392 g/mol. The highest BCUT2D eigenvalue weighted by Crippen LogP contribution is 2.25. The van der Waals surface area contributed by atoms with Gasteiger partial charge in [-0.15, -0.1) is 0 Å². The van der Waals surface area contributed by atoms with Crippen molar-refractivity contribution < 1.29 is 22.7 Å². The third-order valence-electron chi connectivity index (χ3n) is 3.63. The number of nitrogens with two attached hydrogens (primary N) is 1. The lowest BCUT2D eigenvalue weighted by atomic mass is 10.2. The lowest BCUT2D eigenvalue weighted by Gasteiger charge is -2.12. The zero-order valence-corrected chi connectivity index (χ0v) is 16.2. The Balaban J connectivity index is 1.89. The van der Waals surface area contributed by atoms with Crippen LogP contribution < -0.4 is 20.5 Å². The molecule has 7 nitrogen and oxygen atoms in total. The molecular formula is C19H24N2O5S. The molecule has 0 fully saturated rings. The number of benzene rings is 2. The predicted molar refractivity (Wildman–Crippen MR) is 105 cm³/mol. The maximum absolute atomic E-state index is 12.0. The molecule has 0 bridgehead atoms. The molecule has 0 aliphatic heterocycles. The van der Waals surface area contributed by atoms with Crippen LogP contribution in [0, 0.1) is 0 Å². The van der Waals surface area contributed by atoms with Crippen molar-refractivity contribution in [2.24, 2.45) is 5.73 Å². The molecular weight excluding hydrogens is 368 g/mol. The molecule has 0 spiro atoms. The third kappa shape index (κ3) is 7.28. The number of rotatable bonds is 9. The summed E-state index contributed by atoms with van der Waals surface area (Å²) in [5.74, 6) is 1.49. The summed E-state index contributed by atoms with van der Waals surface area (Å²) in [6.45, 7) is 2.52. The fraction of sp³-hybridized carbons (Fsp3) is 0.316. The second kappa shape index (κ2) is 9.38. The van der Waals surface area contributed by atoms with E-state index in [2.05, 4.69) is 5.32 Å². The van der Waals surface area contributed by atoms with E-state index in [9.17, 15) is 13.2 Å². The summed E-state index contributed by atoms with van der Waals surface area (Å²) in [5.41, 5.74) is 6.28. The summed E-state index contributed by atoms with van der Waals surface area (Å²) in [5, 5.41) is 2.66. The average Bonchev–Trinajstić information content (AvgIpc) is 2.62. The van der Waals surface area contributed by atoms with Gasteiger partial charge in [-0.1, -0.05) is 0 Å². The van der Waals surface area contributed by atoms with Crippen LogP contribution in [0.2, 0.25) is 0 Å². The van der Waals surface area contributed by atoms with Crippen LogP contribution in [-0.2, 0) is 14.6 Å². The Bertz CT molecular complexity index is 849. The van der Waals surface area contributed by atoms with Crippen molar-refractivity contribution >= 4 is 21.4 Å². The maximum atomic E-state index is 12.0. The molecule has 0 saturated heterocycles. The van der Waals surface area contributed by atoms with Crippen LogP contribution in [0.5, 0.6) is 17.2 Å². The van der Waals surface area contributed by atoms with Gasteiger partial charge in [-0.2, -0.15) is 0 Å². The van der Waals surface area contributed by atoms with Crippen molar-refractivity contribution in [1.82, 2.24) is 0 Å².